The molecule has 0 bridgehead atoms. The summed E-state index contributed by atoms with van der Waals surface area (Å²) in [6.45, 7) is 6.73. The molecule has 0 aliphatic carbocycles. The van der Waals surface area contributed by atoms with Gasteiger partial charge >= 0.3 is 0 Å². The molecule has 1 amide bonds. The van der Waals surface area contributed by atoms with Crippen molar-refractivity contribution in [2.75, 3.05) is 18.8 Å². The average Bonchev–Trinajstić information content (AvgIpc) is 2.40. The van der Waals surface area contributed by atoms with Crippen molar-refractivity contribution in [3.8, 4) is 0 Å². The van der Waals surface area contributed by atoms with Gasteiger partial charge < -0.3 is 5.32 Å². The number of nitrogens with one attached hydrogen (secondary N) is 1. The molecule has 0 aromatic carbocycles. The molecule has 1 aliphatic heterocycles. The Kier molecular flexibility index (Phi) is 6.26. The van der Waals surface area contributed by atoms with E-state index >= 15 is 0 Å². The van der Waals surface area contributed by atoms with Crippen LogP contribution < -0.4 is 5.32 Å². The van der Waals surface area contributed by atoms with E-state index in [0.29, 0.717) is 25.9 Å². The average molecular weight is 290 g/mol. The molecule has 1 aliphatic rings. The molecule has 0 spiro atoms. The number of hydrogen-bond donors (Lipinski definition) is 1. The molecule has 6 heteroatoms. The van der Waals surface area contributed by atoms with Crippen molar-refractivity contribution in [1.82, 2.24) is 9.62 Å². The maximum absolute atomic E-state index is 12.0. The Bertz CT molecular complexity index is 383. The zero-order valence-electron chi connectivity index (χ0n) is 12.2. The van der Waals surface area contributed by atoms with Crippen molar-refractivity contribution in [2.24, 2.45) is 5.92 Å². The molecule has 0 saturated carbocycles. The van der Waals surface area contributed by atoms with Gasteiger partial charge in [-0.1, -0.05) is 13.8 Å². The van der Waals surface area contributed by atoms with Crippen LogP contribution in [0.1, 0.15) is 46.5 Å². The summed E-state index contributed by atoms with van der Waals surface area (Å²) in [4.78, 5) is 12.0. The smallest absolute Gasteiger partial charge is 0.223 e. The third-order valence-corrected chi connectivity index (χ3v) is 5.80. The quantitative estimate of drug-likeness (QED) is 0.803. The highest BCUT2D eigenvalue weighted by Gasteiger charge is 2.28. The van der Waals surface area contributed by atoms with Crippen molar-refractivity contribution in [3.05, 3.63) is 0 Å². The van der Waals surface area contributed by atoms with Crippen LogP contribution in [0.3, 0.4) is 0 Å². The monoisotopic (exact) mass is 290 g/mol. The molecule has 1 rings (SSSR count). The standard InChI is InChI=1S/C13H26N2O3S/c1-4-11(5-2)13(16)14-12-7-9-15(10-8-12)19(17,18)6-3/h11-12H,4-10H2,1-3H3,(H,14,16). The molecule has 0 aromatic heterocycles. The van der Waals surface area contributed by atoms with Gasteiger partial charge in [0.2, 0.25) is 15.9 Å². The van der Waals surface area contributed by atoms with Gasteiger partial charge in [-0.3, -0.25) is 4.79 Å². The van der Waals surface area contributed by atoms with Crippen LogP contribution in [0, 0.1) is 5.92 Å². The van der Waals surface area contributed by atoms with E-state index < -0.39 is 10.0 Å². The van der Waals surface area contributed by atoms with Crippen molar-refractivity contribution < 1.29 is 13.2 Å². The van der Waals surface area contributed by atoms with Crippen LogP contribution in [0.25, 0.3) is 0 Å². The van der Waals surface area contributed by atoms with Gasteiger partial charge in [0.15, 0.2) is 0 Å². The number of piperidine rings is 1. The van der Waals surface area contributed by atoms with Gasteiger partial charge in [0.25, 0.3) is 0 Å². The molecule has 0 atom stereocenters. The predicted octanol–water partition coefficient (Wildman–Crippen LogP) is 1.35. The Balaban J connectivity index is 2.45. The van der Waals surface area contributed by atoms with Gasteiger partial charge in [0.05, 0.1) is 5.75 Å². The number of carbonyl (C=O) groups excluding carboxylic acids is 1. The van der Waals surface area contributed by atoms with Gasteiger partial charge in [-0.05, 0) is 32.6 Å². The van der Waals surface area contributed by atoms with Gasteiger partial charge in [-0.15, -0.1) is 0 Å². The second-order valence-corrected chi connectivity index (χ2v) is 7.35. The SMILES string of the molecule is CCC(CC)C(=O)NC1CCN(S(=O)(=O)CC)CC1. The number of carbonyl (C=O) groups is 1. The molecule has 5 nitrogen and oxygen atoms in total. The first-order chi connectivity index (χ1) is 8.94. The van der Waals surface area contributed by atoms with E-state index in [1.807, 2.05) is 13.8 Å². The fourth-order valence-corrected chi connectivity index (χ4v) is 3.57. The van der Waals surface area contributed by atoms with Crippen LogP contribution >= 0.6 is 0 Å². The van der Waals surface area contributed by atoms with Gasteiger partial charge in [-0.2, -0.15) is 0 Å². The lowest BCUT2D eigenvalue weighted by molar-refractivity contribution is -0.126. The third kappa shape index (κ3) is 4.45. The maximum atomic E-state index is 12.0. The first kappa shape index (κ1) is 16.4. The maximum Gasteiger partial charge on any atom is 0.223 e. The lowest BCUT2D eigenvalue weighted by atomic mass is 10.0. The molecular formula is C13H26N2O3S. The van der Waals surface area contributed by atoms with Crippen molar-refractivity contribution in [3.63, 3.8) is 0 Å². The summed E-state index contributed by atoms with van der Waals surface area (Å²) >= 11 is 0. The Morgan fingerprint density at radius 3 is 2.16 bits per heavy atom. The zero-order valence-corrected chi connectivity index (χ0v) is 13.0. The fourth-order valence-electron chi connectivity index (χ4n) is 2.44. The number of sulfonamides is 1. The molecule has 1 N–H and O–H groups in total. The molecule has 0 radical (unpaired) electrons. The van der Waals surface area contributed by atoms with Crippen LogP contribution in [0.5, 0.6) is 0 Å². The van der Waals surface area contributed by atoms with Crippen molar-refractivity contribution >= 4 is 15.9 Å². The largest absolute Gasteiger partial charge is 0.353 e. The molecule has 19 heavy (non-hydrogen) atoms. The summed E-state index contributed by atoms with van der Waals surface area (Å²) in [5, 5.41) is 3.05. The van der Waals surface area contributed by atoms with Crippen LogP contribution in [0.2, 0.25) is 0 Å². The minimum absolute atomic E-state index is 0.0809. The molecule has 1 saturated heterocycles. The number of rotatable bonds is 6. The zero-order chi connectivity index (χ0) is 14.5. The summed E-state index contributed by atoms with van der Waals surface area (Å²) in [6.07, 6.45) is 3.13. The summed E-state index contributed by atoms with van der Waals surface area (Å²) in [5.74, 6) is 0.344. The molecule has 1 fully saturated rings. The van der Waals surface area contributed by atoms with Gasteiger partial charge in [0, 0.05) is 25.0 Å². The Hall–Kier alpha value is -0.620. The summed E-state index contributed by atoms with van der Waals surface area (Å²) in [5.41, 5.74) is 0. The predicted molar refractivity (Wildman–Crippen MR) is 76.3 cm³/mol. The number of amides is 1. The summed E-state index contributed by atoms with van der Waals surface area (Å²) in [7, 11) is -3.08. The highest BCUT2D eigenvalue weighted by molar-refractivity contribution is 7.89. The van der Waals surface area contributed by atoms with E-state index in [-0.39, 0.29) is 23.6 Å². The van der Waals surface area contributed by atoms with Crippen LogP contribution in [0.4, 0.5) is 0 Å². The van der Waals surface area contributed by atoms with Crippen LogP contribution in [-0.2, 0) is 14.8 Å². The van der Waals surface area contributed by atoms with Crippen molar-refractivity contribution in [1.29, 1.82) is 0 Å². The van der Waals surface area contributed by atoms with E-state index in [9.17, 15) is 13.2 Å². The Morgan fingerprint density at radius 2 is 1.74 bits per heavy atom. The topological polar surface area (TPSA) is 66.5 Å². The summed E-state index contributed by atoms with van der Waals surface area (Å²) in [6, 6.07) is 0.122. The van der Waals surface area contributed by atoms with Crippen molar-refractivity contribution in [2.45, 2.75) is 52.5 Å². The second kappa shape index (κ2) is 7.24. The molecule has 1 heterocycles. The molecule has 112 valence electrons. The van der Waals surface area contributed by atoms with Gasteiger partial charge in [-0.25, -0.2) is 12.7 Å². The van der Waals surface area contributed by atoms with Crippen LogP contribution in [-0.4, -0.2) is 43.5 Å². The fraction of sp³-hybridized carbons (Fsp3) is 0.923. The second-order valence-electron chi connectivity index (χ2n) is 5.10. The molecule has 0 aromatic rings. The Labute approximate surface area is 116 Å². The van der Waals surface area contributed by atoms with Gasteiger partial charge in [0.1, 0.15) is 0 Å². The highest BCUT2D eigenvalue weighted by atomic mass is 32.2. The Morgan fingerprint density at radius 1 is 1.21 bits per heavy atom. The lowest BCUT2D eigenvalue weighted by Gasteiger charge is -2.32. The minimum atomic E-state index is -3.08. The molecule has 0 unspecified atom stereocenters. The molecular weight excluding hydrogens is 264 g/mol. The number of hydrogen-bond acceptors (Lipinski definition) is 3. The van der Waals surface area contributed by atoms with E-state index in [4.69, 9.17) is 0 Å². The highest BCUT2D eigenvalue weighted by Crippen LogP contribution is 2.16. The van der Waals surface area contributed by atoms with E-state index in [0.717, 1.165) is 12.8 Å². The summed E-state index contributed by atoms with van der Waals surface area (Å²) < 4.78 is 25.0. The van der Waals surface area contributed by atoms with E-state index in [1.54, 1.807) is 6.92 Å². The lowest BCUT2D eigenvalue weighted by Crippen LogP contribution is -2.48. The number of nitrogens with zero attached hydrogens (tertiary/aromatic N) is 1. The minimum Gasteiger partial charge on any atom is -0.353 e. The van der Waals surface area contributed by atoms with E-state index in [1.165, 1.54) is 4.31 Å². The first-order valence-electron chi connectivity index (χ1n) is 7.22. The van der Waals surface area contributed by atoms with Crippen LogP contribution in [0.15, 0.2) is 0 Å². The normalized spacial score (nSPS) is 18.7. The first-order valence-corrected chi connectivity index (χ1v) is 8.83. The van der Waals surface area contributed by atoms with E-state index in [2.05, 4.69) is 5.32 Å². The third-order valence-electron chi connectivity index (χ3n) is 3.91.